The van der Waals surface area contributed by atoms with Crippen molar-refractivity contribution < 1.29 is 19.3 Å². The Kier molecular flexibility index (Phi) is 7.97. The molecule has 0 atom stereocenters. The summed E-state index contributed by atoms with van der Waals surface area (Å²) in [5, 5.41) is 12.3. The Hall–Kier alpha value is -2.90. The highest BCUT2D eigenvalue weighted by molar-refractivity contribution is 5.88. The number of anilines is 2. The molecule has 24 heavy (non-hydrogen) atoms. The number of nitrogens with zero attached hydrogens (tertiary/aromatic N) is 2. The van der Waals surface area contributed by atoms with Crippen LogP contribution in [0.1, 0.15) is 40.5 Å². The average Bonchev–Trinajstić information content (AvgIpc) is 2.59. The van der Waals surface area contributed by atoms with Crippen molar-refractivity contribution in [3.8, 4) is 0 Å². The van der Waals surface area contributed by atoms with Crippen molar-refractivity contribution >= 4 is 35.0 Å². The Balaban J connectivity index is 2.51. The summed E-state index contributed by atoms with van der Waals surface area (Å²) in [7, 11) is 0. The highest BCUT2D eigenvalue weighted by Crippen LogP contribution is 2.14. The van der Waals surface area contributed by atoms with E-state index in [9.17, 15) is 9.59 Å². The summed E-state index contributed by atoms with van der Waals surface area (Å²) in [6.45, 7) is 7.34. The predicted octanol–water partition coefficient (Wildman–Crippen LogP) is 4.36. The second-order valence-electron chi connectivity index (χ2n) is 4.95. The summed E-state index contributed by atoms with van der Waals surface area (Å²) in [4.78, 5) is 32.4. The van der Waals surface area contributed by atoms with Gasteiger partial charge in [0, 0.05) is 11.4 Å². The lowest BCUT2D eigenvalue weighted by Crippen LogP contribution is -2.13. The minimum absolute atomic E-state index is 0.503. The zero-order valence-electron chi connectivity index (χ0n) is 14.3. The number of hydrogen-bond acceptors (Lipinski definition) is 6. The molecule has 1 rings (SSSR count). The second-order valence-corrected chi connectivity index (χ2v) is 4.95. The lowest BCUT2D eigenvalue weighted by molar-refractivity contribution is 0.165. The van der Waals surface area contributed by atoms with E-state index in [1.54, 1.807) is 38.1 Å². The molecule has 0 saturated heterocycles. The van der Waals surface area contributed by atoms with Crippen molar-refractivity contribution in [2.24, 2.45) is 10.3 Å². The third-order valence-electron chi connectivity index (χ3n) is 2.97. The molecular weight excluding hydrogens is 312 g/mol. The van der Waals surface area contributed by atoms with Crippen LogP contribution in [0.5, 0.6) is 0 Å². The van der Waals surface area contributed by atoms with E-state index in [-0.39, 0.29) is 0 Å². The fourth-order valence-corrected chi connectivity index (χ4v) is 1.29. The van der Waals surface area contributed by atoms with E-state index in [4.69, 9.17) is 9.68 Å². The number of carbonyl (C=O) groups is 2. The molecule has 8 nitrogen and oxygen atoms in total. The molecule has 0 saturated carbocycles. The Bertz CT molecular complexity index is 568. The second kappa shape index (κ2) is 9.98. The number of nitrogens with one attached hydrogen (secondary N) is 2. The zero-order chi connectivity index (χ0) is 17.9. The minimum atomic E-state index is -0.688. The standard InChI is InChI=1S/C16H22N4O4/c1-5-11(3)19-23-15(21)17-13-7-9-14(10-8-13)18-16(22)24-20-12(4)6-2/h7-10H,5-6H2,1-4H3,(H,17,21)(H,18,22)/b19-11+,20-12+. The summed E-state index contributed by atoms with van der Waals surface area (Å²) in [6.07, 6.45) is 0.0246. The largest absolute Gasteiger partial charge is 0.437 e. The van der Waals surface area contributed by atoms with Crippen LogP contribution in [0.25, 0.3) is 0 Å². The molecule has 0 bridgehead atoms. The van der Waals surface area contributed by atoms with Crippen molar-refractivity contribution in [3.05, 3.63) is 24.3 Å². The first-order valence-electron chi connectivity index (χ1n) is 7.57. The molecule has 1 aromatic carbocycles. The molecule has 0 heterocycles. The maximum Gasteiger partial charge on any atom is 0.437 e. The first-order valence-corrected chi connectivity index (χ1v) is 7.57. The van der Waals surface area contributed by atoms with Crippen molar-refractivity contribution in [2.45, 2.75) is 40.5 Å². The van der Waals surface area contributed by atoms with Gasteiger partial charge in [0.2, 0.25) is 0 Å². The van der Waals surface area contributed by atoms with E-state index in [0.717, 1.165) is 0 Å². The van der Waals surface area contributed by atoms with Gasteiger partial charge < -0.3 is 0 Å². The molecule has 2 N–H and O–H groups in total. The van der Waals surface area contributed by atoms with Crippen LogP contribution in [-0.4, -0.2) is 23.6 Å². The molecule has 0 aliphatic carbocycles. The molecule has 0 aliphatic heterocycles. The van der Waals surface area contributed by atoms with Crippen LogP contribution >= 0.6 is 0 Å². The first-order chi connectivity index (χ1) is 11.4. The van der Waals surface area contributed by atoms with E-state index < -0.39 is 12.2 Å². The van der Waals surface area contributed by atoms with Crippen molar-refractivity contribution in [3.63, 3.8) is 0 Å². The monoisotopic (exact) mass is 334 g/mol. The molecule has 0 spiro atoms. The van der Waals surface area contributed by atoms with Crippen LogP contribution in [0.2, 0.25) is 0 Å². The van der Waals surface area contributed by atoms with Crippen LogP contribution in [0.15, 0.2) is 34.6 Å². The summed E-state index contributed by atoms with van der Waals surface area (Å²) in [5.41, 5.74) is 2.43. The number of carbonyl (C=O) groups excluding carboxylic acids is 2. The Morgan fingerprint density at radius 2 is 1.17 bits per heavy atom. The van der Waals surface area contributed by atoms with Crippen molar-refractivity contribution in [1.82, 2.24) is 0 Å². The fourth-order valence-electron chi connectivity index (χ4n) is 1.29. The molecule has 0 radical (unpaired) electrons. The van der Waals surface area contributed by atoms with E-state index in [2.05, 4.69) is 20.9 Å². The lowest BCUT2D eigenvalue weighted by atomic mass is 10.3. The lowest BCUT2D eigenvalue weighted by Gasteiger charge is -2.06. The smallest absolute Gasteiger partial charge is 0.298 e. The van der Waals surface area contributed by atoms with E-state index >= 15 is 0 Å². The van der Waals surface area contributed by atoms with Gasteiger partial charge in [-0.25, -0.2) is 9.59 Å². The highest BCUT2D eigenvalue weighted by Gasteiger charge is 2.06. The molecule has 1 aromatic rings. The van der Waals surface area contributed by atoms with E-state index in [0.29, 0.717) is 35.6 Å². The highest BCUT2D eigenvalue weighted by atomic mass is 16.7. The molecule has 130 valence electrons. The molecule has 8 heteroatoms. The average molecular weight is 334 g/mol. The Labute approximate surface area is 140 Å². The maximum atomic E-state index is 11.5. The van der Waals surface area contributed by atoms with Gasteiger partial charge in [-0.2, -0.15) is 0 Å². The van der Waals surface area contributed by atoms with E-state index in [1.165, 1.54) is 0 Å². The van der Waals surface area contributed by atoms with Crippen LogP contribution in [0, 0.1) is 0 Å². The third-order valence-corrected chi connectivity index (χ3v) is 2.97. The normalized spacial score (nSPS) is 11.7. The Morgan fingerprint density at radius 1 is 0.833 bits per heavy atom. The number of oxime groups is 2. The van der Waals surface area contributed by atoms with Gasteiger partial charge in [-0.05, 0) is 51.0 Å². The number of hydrogen-bond donors (Lipinski definition) is 2. The predicted molar refractivity (Wildman–Crippen MR) is 93.4 cm³/mol. The molecule has 0 aromatic heterocycles. The topological polar surface area (TPSA) is 101 Å². The number of rotatable bonds is 6. The third kappa shape index (κ3) is 7.39. The van der Waals surface area contributed by atoms with Crippen LogP contribution < -0.4 is 10.6 Å². The zero-order valence-corrected chi connectivity index (χ0v) is 14.3. The van der Waals surface area contributed by atoms with Gasteiger partial charge in [0.25, 0.3) is 0 Å². The molecular formula is C16H22N4O4. The van der Waals surface area contributed by atoms with Gasteiger partial charge >= 0.3 is 12.2 Å². The molecule has 0 fully saturated rings. The molecule has 2 amide bonds. The van der Waals surface area contributed by atoms with Gasteiger partial charge in [0.1, 0.15) is 0 Å². The fraction of sp³-hybridized carbons (Fsp3) is 0.375. The van der Waals surface area contributed by atoms with Gasteiger partial charge in [-0.3, -0.25) is 20.3 Å². The van der Waals surface area contributed by atoms with Gasteiger partial charge in [0.15, 0.2) is 0 Å². The summed E-state index contributed by atoms with van der Waals surface area (Å²) in [6, 6.07) is 6.42. The van der Waals surface area contributed by atoms with Gasteiger partial charge in [-0.1, -0.05) is 24.2 Å². The molecule has 0 unspecified atom stereocenters. The SMILES string of the molecule is CC/C(C)=N/OC(=O)Nc1ccc(NC(=O)O/N=C(\C)CC)cc1. The minimum Gasteiger partial charge on any atom is -0.298 e. The van der Waals surface area contributed by atoms with Crippen molar-refractivity contribution in [2.75, 3.05) is 10.6 Å². The van der Waals surface area contributed by atoms with Gasteiger partial charge in [0.05, 0.1) is 11.4 Å². The summed E-state index contributed by atoms with van der Waals surface area (Å²) < 4.78 is 0. The van der Waals surface area contributed by atoms with E-state index in [1.807, 2.05) is 13.8 Å². The van der Waals surface area contributed by atoms with Gasteiger partial charge in [-0.15, -0.1) is 0 Å². The number of benzene rings is 1. The number of amides is 2. The van der Waals surface area contributed by atoms with Crippen LogP contribution in [0.3, 0.4) is 0 Å². The maximum absolute atomic E-state index is 11.5. The Morgan fingerprint density at radius 3 is 1.46 bits per heavy atom. The van der Waals surface area contributed by atoms with Crippen LogP contribution in [0.4, 0.5) is 21.0 Å². The first kappa shape index (κ1) is 19.1. The molecule has 0 aliphatic rings. The van der Waals surface area contributed by atoms with Crippen LogP contribution in [-0.2, 0) is 9.68 Å². The summed E-state index contributed by atoms with van der Waals surface area (Å²) >= 11 is 0. The van der Waals surface area contributed by atoms with Crippen molar-refractivity contribution in [1.29, 1.82) is 0 Å². The quantitative estimate of drug-likeness (QED) is 0.458. The summed E-state index contributed by atoms with van der Waals surface area (Å²) in [5.74, 6) is 0.